The van der Waals surface area contributed by atoms with Crippen LogP contribution in [0.2, 0.25) is 5.02 Å². The van der Waals surface area contributed by atoms with Crippen LogP contribution < -0.4 is 10.6 Å². The molecule has 1 fully saturated rings. The minimum Gasteiger partial charge on any atom is -0.322 e. The number of benzene rings is 3. The van der Waals surface area contributed by atoms with Gasteiger partial charge in [-0.15, -0.1) is 0 Å². The van der Waals surface area contributed by atoms with Crippen LogP contribution in [0.3, 0.4) is 0 Å². The molecule has 1 heterocycles. The largest absolute Gasteiger partial charge is 0.416 e. The highest BCUT2D eigenvalue weighted by molar-refractivity contribution is 7.89. The predicted molar refractivity (Wildman–Crippen MR) is 131 cm³/mol. The molecule has 6 nitrogen and oxygen atoms in total. The van der Waals surface area contributed by atoms with Crippen LogP contribution in [-0.4, -0.2) is 37.8 Å². The van der Waals surface area contributed by atoms with Crippen LogP contribution in [0.25, 0.3) is 0 Å². The molecule has 0 spiro atoms. The fraction of sp³-hybridized carbons (Fsp3) is 0.240. The zero-order valence-electron chi connectivity index (χ0n) is 18.9. The van der Waals surface area contributed by atoms with Gasteiger partial charge in [0.2, 0.25) is 10.0 Å². The van der Waals surface area contributed by atoms with Gasteiger partial charge < -0.3 is 10.6 Å². The Morgan fingerprint density at radius 3 is 2.22 bits per heavy atom. The smallest absolute Gasteiger partial charge is 0.322 e. The van der Waals surface area contributed by atoms with Gasteiger partial charge in [0.15, 0.2) is 0 Å². The topological polar surface area (TPSA) is 78.5 Å². The first-order valence-corrected chi connectivity index (χ1v) is 12.9. The second-order valence-corrected chi connectivity index (χ2v) is 10.8. The normalized spacial score (nSPS) is 16.7. The van der Waals surface area contributed by atoms with Gasteiger partial charge in [0.1, 0.15) is 0 Å². The van der Waals surface area contributed by atoms with E-state index in [0.29, 0.717) is 41.3 Å². The molecule has 0 saturated carbocycles. The van der Waals surface area contributed by atoms with Crippen LogP contribution in [0.4, 0.5) is 18.9 Å². The highest BCUT2D eigenvalue weighted by atomic mass is 35.5. The summed E-state index contributed by atoms with van der Waals surface area (Å²) in [6.45, 7) is 0.902. The van der Waals surface area contributed by atoms with Crippen molar-refractivity contribution in [2.75, 3.05) is 18.4 Å². The molecular formula is C25H23ClF3N3O3S. The maximum Gasteiger partial charge on any atom is 0.416 e. The second kappa shape index (κ2) is 10.6. The number of carbonyl (C=O) groups is 1. The van der Waals surface area contributed by atoms with Gasteiger partial charge in [-0.2, -0.15) is 17.5 Å². The van der Waals surface area contributed by atoms with E-state index in [1.165, 1.54) is 40.7 Å². The highest BCUT2D eigenvalue weighted by Crippen LogP contribution is 2.29. The van der Waals surface area contributed by atoms with Gasteiger partial charge >= 0.3 is 6.18 Å². The lowest BCUT2D eigenvalue weighted by Crippen LogP contribution is -2.34. The van der Waals surface area contributed by atoms with E-state index in [1.807, 2.05) is 0 Å². The van der Waals surface area contributed by atoms with E-state index < -0.39 is 21.8 Å². The Labute approximate surface area is 212 Å². The molecule has 1 aliphatic rings. The first-order chi connectivity index (χ1) is 17.0. The first kappa shape index (κ1) is 26.2. The Balaban J connectivity index is 1.32. The van der Waals surface area contributed by atoms with Gasteiger partial charge in [0, 0.05) is 41.9 Å². The third kappa shape index (κ3) is 6.25. The molecular weight excluding hydrogens is 515 g/mol. The van der Waals surface area contributed by atoms with Crippen LogP contribution in [0, 0.1) is 0 Å². The summed E-state index contributed by atoms with van der Waals surface area (Å²) in [6.07, 6.45) is -3.80. The summed E-state index contributed by atoms with van der Waals surface area (Å²) in [5.41, 5.74) is 0.843. The Morgan fingerprint density at radius 2 is 1.61 bits per heavy atom. The van der Waals surface area contributed by atoms with E-state index in [9.17, 15) is 26.4 Å². The number of carbonyl (C=O) groups excluding carboxylic acids is 1. The van der Waals surface area contributed by atoms with Crippen molar-refractivity contribution in [1.29, 1.82) is 0 Å². The van der Waals surface area contributed by atoms with E-state index in [4.69, 9.17) is 11.6 Å². The average molecular weight is 538 g/mol. The fourth-order valence-corrected chi connectivity index (χ4v) is 5.48. The molecule has 1 atom stereocenters. The third-order valence-corrected chi connectivity index (χ3v) is 8.01. The number of amides is 1. The molecule has 0 aromatic heterocycles. The van der Waals surface area contributed by atoms with Crippen molar-refractivity contribution in [2.45, 2.75) is 30.1 Å². The summed E-state index contributed by atoms with van der Waals surface area (Å²) in [7, 11) is -3.74. The zero-order chi connectivity index (χ0) is 25.9. The van der Waals surface area contributed by atoms with Gasteiger partial charge in [-0.05, 0) is 72.6 Å². The summed E-state index contributed by atoms with van der Waals surface area (Å²) >= 11 is 5.83. The zero-order valence-corrected chi connectivity index (χ0v) is 20.5. The molecule has 3 aromatic carbocycles. The molecule has 0 aliphatic carbocycles. The van der Waals surface area contributed by atoms with Gasteiger partial charge in [-0.25, -0.2) is 8.42 Å². The molecule has 1 saturated heterocycles. The van der Waals surface area contributed by atoms with Gasteiger partial charge in [-0.1, -0.05) is 23.7 Å². The standard InChI is InChI=1S/C25H23ClF3N3O3S/c26-20-7-3-18(4-8-20)24(33)31-21-9-11-23(12-10-21)36(34,35)32-14-13-22(16-32)30-15-17-1-5-19(6-2-17)25(27,28)29/h1-12,22,30H,13-16H2,(H,31,33). The molecule has 1 aliphatic heterocycles. The van der Waals surface area contributed by atoms with Crippen molar-refractivity contribution in [3.8, 4) is 0 Å². The summed E-state index contributed by atoms with van der Waals surface area (Å²) in [6, 6.07) is 17.1. The van der Waals surface area contributed by atoms with Crippen LogP contribution in [0.1, 0.15) is 27.9 Å². The van der Waals surface area contributed by atoms with Crippen molar-refractivity contribution in [1.82, 2.24) is 9.62 Å². The van der Waals surface area contributed by atoms with E-state index in [-0.39, 0.29) is 23.4 Å². The highest BCUT2D eigenvalue weighted by Gasteiger charge is 2.33. The first-order valence-electron chi connectivity index (χ1n) is 11.1. The molecule has 2 N–H and O–H groups in total. The van der Waals surface area contributed by atoms with E-state index in [1.54, 1.807) is 24.3 Å². The minimum atomic E-state index is -4.38. The number of nitrogens with zero attached hydrogens (tertiary/aromatic N) is 1. The Kier molecular flexibility index (Phi) is 7.70. The third-order valence-electron chi connectivity index (χ3n) is 5.88. The van der Waals surface area contributed by atoms with Crippen LogP contribution in [0.5, 0.6) is 0 Å². The van der Waals surface area contributed by atoms with Crippen molar-refractivity contribution < 1.29 is 26.4 Å². The van der Waals surface area contributed by atoms with Crippen molar-refractivity contribution in [3.63, 3.8) is 0 Å². The molecule has 11 heteroatoms. The van der Waals surface area contributed by atoms with Crippen LogP contribution in [0.15, 0.2) is 77.7 Å². The molecule has 3 aromatic rings. The molecule has 1 unspecified atom stereocenters. The van der Waals surface area contributed by atoms with E-state index in [0.717, 1.165) is 12.1 Å². The SMILES string of the molecule is O=C(Nc1ccc(S(=O)(=O)N2CCC(NCc3ccc(C(F)(F)F)cc3)C2)cc1)c1ccc(Cl)cc1. The lowest BCUT2D eigenvalue weighted by atomic mass is 10.1. The number of rotatable bonds is 7. The number of hydrogen-bond acceptors (Lipinski definition) is 4. The van der Waals surface area contributed by atoms with Crippen LogP contribution in [-0.2, 0) is 22.7 Å². The molecule has 36 heavy (non-hydrogen) atoms. The average Bonchev–Trinajstić information content (AvgIpc) is 3.33. The number of anilines is 1. The Hall–Kier alpha value is -2.92. The monoisotopic (exact) mass is 537 g/mol. The molecule has 4 rings (SSSR count). The lowest BCUT2D eigenvalue weighted by Gasteiger charge is -2.18. The number of hydrogen-bond donors (Lipinski definition) is 2. The van der Waals surface area contributed by atoms with Gasteiger partial charge in [-0.3, -0.25) is 4.79 Å². The van der Waals surface area contributed by atoms with Gasteiger partial charge in [0.25, 0.3) is 5.91 Å². The van der Waals surface area contributed by atoms with Gasteiger partial charge in [0.05, 0.1) is 10.5 Å². The van der Waals surface area contributed by atoms with Crippen molar-refractivity contribution >= 4 is 33.2 Å². The molecule has 1 amide bonds. The Bertz CT molecular complexity index is 1310. The second-order valence-electron chi connectivity index (χ2n) is 8.41. The number of halogens is 4. The summed E-state index contributed by atoms with van der Waals surface area (Å²) < 4.78 is 65.6. The fourth-order valence-electron chi connectivity index (χ4n) is 3.85. The molecule has 190 valence electrons. The summed E-state index contributed by atoms with van der Waals surface area (Å²) in [5.74, 6) is -0.344. The Morgan fingerprint density at radius 1 is 0.972 bits per heavy atom. The van der Waals surface area contributed by atoms with E-state index in [2.05, 4.69) is 10.6 Å². The summed E-state index contributed by atoms with van der Waals surface area (Å²) in [4.78, 5) is 12.4. The number of sulfonamides is 1. The van der Waals surface area contributed by atoms with Crippen molar-refractivity contribution in [3.05, 3.63) is 94.5 Å². The quantitative estimate of drug-likeness (QED) is 0.436. The lowest BCUT2D eigenvalue weighted by molar-refractivity contribution is -0.137. The molecule has 0 radical (unpaired) electrons. The van der Waals surface area contributed by atoms with Crippen molar-refractivity contribution in [2.24, 2.45) is 0 Å². The maximum atomic E-state index is 13.1. The predicted octanol–water partition coefficient (Wildman–Crippen LogP) is 5.16. The maximum absolute atomic E-state index is 13.1. The molecule has 0 bridgehead atoms. The van der Waals surface area contributed by atoms with E-state index >= 15 is 0 Å². The number of alkyl halides is 3. The summed E-state index contributed by atoms with van der Waals surface area (Å²) in [5, 5.41) is 6.44. The number of nitrogens with one attached hydrogen (secondary N) is 2. The van der Waals surface area contributed by atoms with Crippen LogP contribution >= 0.6 is 11.6 Å². The minimum absolute atomic E-state index is 0.107.